The molecule has 1 saturated heterocycles. The molecule has 1 fully saturated rings. The standard InChI is InChI=1S/C16H24N6OS/c1-3-5-13-10-22(20-19-13)9-12-6-4-7-21(8-12)15(23)14-11(2)18-16(17)24-14/h10,12H,3-9H2,1-2H3,(H2,17,18). The van der Waals surface area contributed by atoms with Crippen molar-refractivity contribution in [1.82, 2.24) is 24.9 Å². The van der Waals surface area contributed by atoms with E-state index in [0.29, 0.717) is 15.9 Å². The lowest BCUT2D eigenvalue weighted by atomic mass is 9.98. The van der Waals surface area contributed by atoms with E-state index in [4.69, 9.17) is 5.73 Å². The molecule has 1 amide bonds. The number of aromatic nitrogens is 4. The lowest BCUT2D eigenvalue weighted by Gasteiger charge is -2.32. The van der Waals surface area contributed by atoms with E-state index in [1.54, 1.807) is 0 Å². The van der Waals surface area contributed by atoms with E-state index < -0.39 is 0 Å². The number of hydrogen-bond donors (Lipinski definition) is 1. The molecule has 7 nitrogen and oxygen atoms in total. The Bertz CT molecular complexity index is 709. The number of carbonyl (C=O) groups excluding carboxylic acids is 1. The van der Waals surface area contributed by atoms with E-state index in [-0.39, 0.29) is 5.91 Å². The summed E-state index contributed by atoms with van der Waals surface area (Å²) in [5.41, 5.74) is 7.49. The Morgan fingerprint density at radius 3 is 3.04 bits per heavy atom. The second-order valence-corrected chi connectivity index (χ2v) is 7.44. The minimum Gasteiger partial charge on any atom is -0.375 e. The highest BCUT2D eigenvalue weighted by molar-refractivity contribution is 7.17. The summed E-state index contributed by atoms with van der Waals surface area (Å²) in [5.74, 6) is 0.459. The summed E-state index contributed by atoms with van der Waals surface area (Å²) in [6, 6.07) is 0. The topological polar surface area (TPSA) is 89.9 Å². The molecule has 0 spiro atoms. The number of rotatable bonds is 5. The average Bonchev–Trinajstić information content (AvgIpc) is 3.13. The van der Waals surface area contributed by atoms with Crippen molar-refractivity contribution in [2.75, 3.05) is 18.8 Å². The van der Waals surface area contributed by atoms with Crippen molar-refractivity contribution in [3.05, 3.63) is 22.5 Å². The molecule has 130 valence electrons. The second-order valence-electron chi connectivity index (χ2n) is 6.41. The maximum atomic E-state index is 12.7. The Morgan fingerprint density at radius 1 is 1.50 bits per heavy atom. The molecule has 2 N–H and O–H groups in total. The van der Waals surface area contributed by atoms with Crippen LogP contribution in [0.15, 0.2) is 6.20 Å². The molecule has 8 heteroatoms. The normalized spacial score (nSPS) is 18.1. The number of carbonyl (C=O) groups is 1. The summed E-state index contributed by atoms with van der Waals surface area (Å²) in [4.78, 5) is 19.5. The van der Waals surface area contributed by atoms with Gasteiger partial charge in [-0.1, -0.05) is 29.9 Å². The number of hydrogen-bond acceptors (Lipinski definition) is 6. The fourth-order valence-electron chi connectivity index (χ4n) is 3.22. The van der Waals surface area contributed by atoms with Gasteiger partial charge >= 0.3 is 0 Å². The number of anilines is 1. The second kappa shape index (κ2) is 7.29. The quantitative estimate of drug-likeness (QED) is 0.894. The van der Waals surface area contributed by atoms with Crippen LogP contribution in [0, 0.1) is 12.8 Å². The highest BCUT2D eigenvalue weighted by Gasteiger charge is 2.27. The zero-order chi connectivity index (χ0) is 17.1. The molecule has 0 aromatic carbocycles. The Kier molecular flexibility index (Phi) is 5.13. The number of nitrogens with two attached hydrogens (primary N) is 1. The van der Waals surface area contributed by atoms with Crippen molar-refractivity contribution >= 4 is 22.4 Å². The Hall–Kier alpha value is -1.96. The first-order valence-corrected chi connectivity index (χ1v) is 9.29. The van der Waals surface area contributed by atoms with E-state index in [1.807, 2.05) is 22.7 Å². The SMILES string of the molecule is CCCc1cn(CC2CCCN(C(=O)c3sc(N)nc3C)C2)nn1. The van der Waals surface area contributed by atoms with E-state index >= 15 is 0 Å². The maximum absolute atomic E-state index is 12.7. The minimum absolute atomic E-state index is 0.0525. The summed E-state index contributed by atoms with van der Waals surface area (Å²) in [6.45, 7) is 6.33. The molecule has 2 aromatic heterocycles. The van der Waals surface area contributed by atoms with E-state index in [2.05, 4.69) is 22.2 Å². The molecular formula is C16H24N6OS. The fraction of sp³-hybridized carbons (Fsp3) is 0.625. The highest BCUT2D eigenvalue weighted by Crippen LogP contribution is 2.25. The number of nitrogen functional groups attached to an aromatic ring is 1. The lowest BCUT2D eigenvalue weighted by Crippen LogP contribution is -2.41. The van der Waals surface area contributed by atoms with Crippen LogP contribution in [0.1, 0.15) is 47.2 Å². The summed E-state index contributed by atoms with van der Waals surface area (Å²) >= 11 is 1.28. The first kappa shape index (κ1) is 16.9. The minimum atomic E-state index is 0.0525. The van der Waals surface area contributed by atoms with Crippen LogP contribution in [0.3, 0.4) is 0 Å². The fourth-order valence-corrected chi connectivity index (χ4v) is 4.02. The smallest absolute Gasteiger partial charge is 0.265 e. The van der Waals surface area contributed by atoms with Gasteiger partial charge in [0.15, 0.2) is 5.13 Å². The van der Waals surface area contributed by atoms with Crippen molar-refractivity contribution in [2.24, 2.45) is 5.92 Å². The number of likely N-dealkylation sites (tertiary alicyclic amines) is 1. The first-order valence-electron chi connectivity index (χ1n) is 8.48. The molecule has 1 aliphatic rings. The van der Waals surface area contributed by atoms with Gasteiger partial charge in [0.2, 0.25) is 0 Å². The number of piperidine rings is 1. The molecule has 3 rings (SSSR count). The molecule has 0 saturated carbocycles. The molecule has 24 heavy (non-hydrogen) atoms. The summed E-state index contributed by atoms with van der Waals surface area (Å²) in [6.07, 6.45) is 6.18. The Morgan fingerprint density at radius 2 is 2.33 bits per heavy atom. The molecule has 0 radical (unpaired) electrons. The van der Waals surface area contributed by atoms with Gasteiger partial charge in [0.25, 0.3) is 5.91 Å². The highest BCUT2D eigenvalue weighted by atomic mass is 32.1. The third kappa shape index (κ3) is 3.75. The van der Waals surface area contributed by atoms with Gasteiger partial charge in [0, 0.05) is 25.8 Å². The maximum Gasteiger partial charge on any atom is 0.265 e. The van der Waals surface area contributed by atoms with Gasteiger partial charge in [-0.3, -0.25) is 9.48 Å². The molecule has 0 bridgehead atoms. The molecule has 1 atom stereocenters. The van der Waals surface area contributed by atoms with Gasteiger partial charge in [-0.2, -0.15) is 0 Å². The molecular weight excluding hydrogens is 324 g/mol. The number of aryl methyl sites for hydroxylation is 2. The number of nitrogens with zero attached hydrogens (tertiary/aromatic N) is 5. The van der Waals surface area contributed by atoms with Gasteiger partial charge in [-0.05, 0) is 32.1 Å². The van der Waals surface area contributed by atoms with Crippen molar-refractivity contribution in [1.29, 1.82) is 0 Å². The Balaban J connectivity index is 1.63. The van der Waals surface area contributed by atoms with Gasteiger partial charge in [0.05, 0.1) is 11.4 Å². The van der Waals surface area contributed by atoms with Crippen molar-refractivity contribution in [3.63, 3.8) is 0 Å². The van der Waals surface area contributed by atoms with Crippen LogP contribution in [0.25, 0.3) is 0 Å². The van der Waals surface area contributed by atoms with Crippen LogP contribution in [0.4, 0.5) is 5.13 Å². The van der Waals surface area contributed by atoms with Crippen LogP contribution < -0.4 is 5.73 Å². The van der Waals surface area contributed by atoms with Gasteiger partial charge in [-0.25, -0.2) is 4.98 Å². The van der Waals surface area contributed by atoms with Crippen molar-refractivity contribution < 1.29 is 4.79 Å². The van der Waals surface area contributed by atoms with Crippen LogP contribution in [-0.2, 0) is 13.0 Å². The van der Waals surface area contributed by atoms with Gasteiger partial charge in [-0.15, -0.1) is 5.10 Å². The van der Waals surface area contributed by atoms with Crippen molar-refractivity contribution in [2.45, 2.75) is 46.1 Å². The predicted molar refractivity (Wildman–Crippen MR) is 93.9 cm³/mol. The summed E-state index contributed by atoms with van der Waals surface area (Å²) in [5, 5.41) is 8.87. The Labute approximate surface area is 145 Å². The summed E-state index contributed by atoms with van der Waals surface area (Å²) in [7, 11) is 0. The van der Waals surface area contributed by atoms with Crippen LogP contribution >= 0.6 is 11.3 Å². The number of amides is 1. The third-order valence-electron chi connectivity index (χ3n) is 4.35. The van der Waals surface area contributed by atoms with Gasteiger partial charge in [0.1, 0.15) is 4.88 Å². The van der Waals surface area contributed by atoms with Crippen LogP contribution in [0.2, 0.25) is 0 Å². The zero-order valence-electron chi connectivity index (χ0n) is 14.2. The average molecular weight is 348 g/mol. The predicted octanol–water partition coefficient (Wildman–Crippen LogP) is 2.13. The first-order chi connectivity index (χ1) is 11.6. The largest absolute Gasteiger partial charge is 0.375 e. The van der Waals surface area contributed by atoms with Crippen molar-refractivity contribution in [3.8, 4) is 0 Å². The monoisotopic (exact) mass is 348 g/mol. The zero-order valence-corrected chi connectivity index (χ0v) is 15.1. The number of thiazole rings is 1. The third-order valence-corrected chi connectivity index (χ3v) is 5.33. The summed E-state index contributed by atoms with van der Waals surface area (Å²) < 4.78 is 1.92. The molecule has 3 heterocycles. The molecule has 2 aromatic rings. The van der Waals surface area contributed by atoms with E-state index in [9.17, 15) is 4.79 Å². The molecule has 0 aliphatic carbocycles. The lowest BCUT2D eigenvalue weighted by molar-refractivity contribution is 0.0663. The van der Waals surface area contributed by atoms with Crippen LogP contribution in [0.5, 0.6) is 0 Å². The van der Waals surface area contributed by atoms with E-state index in [0.717, 1.165) is 56.7 Å². The van der Waals surface area contributed by atoms with E-state index in [1.165, 1.54) is 11.3 Å². The van der Waals surface area contributed by atoms with Gasteiger partial charge < -0.3 is 10.6 Å². The van der Waals surface area contributed by atoms with Crippen LogP contribution in [-0.4, -0.2) is 43.9 Å². The molecule has 1 aliphatic heterocycles. The molecule has 1 unspecified atom stereocenters.